The van der Waals surface area contributed by atoms with Crippen LogP contribution in [0.3, 0.4) is 0 Å². The van der Waals surface area contributed by atoms with Crippen molar-refractivity contribution in [2.24, 2.45) is 0 Å². The van der Waals surface area contributed by atoms with Gasteiger partial charge in [-0.05, 0) is 70.8 Å². The normalized spacial score (nSPS) is 21.9. The number of sulfonamides is 1. The second-order valence-electron chi connectivity index (χ2n) is 7.73. The molecular weight excluding hydrogens is 382 g/mol. The molecule has 152 valence electrons. The Balaban J connectivity index is 1.62. The lowest BCUT2D eigenvalue weighted by molar-refractivity contribution is 0.0657. The van der Waals surface area contributed by atoms with E-state index in [1.165, 1.54) is 30.4 Å². The molecule has 1 atom stereocenters. The van der Waals surface area contributed by atoms with Gasteiger partial charge in [0, 0.05) is 30.6 Å². The van der Waals surface area contributed by atoms with E-state index in [9.17, 15) is 13.2 Å². The monoisotopic (exact) mass is 413 g/mol. The third-order valence-corrected chi connectivity index (χ3v) is 7.84. The number of thiophene rings is 1. The number of aryl methyl sites for hydroxylation is 1. The smallest absolute Gasteiger partial charge is 0.263 e. The maximum Gasteiger partial charge on any atom is 0.263 e. The Morgan fingerprint density at radius 3 is 2.59 bits per heavy atom. The number of rotatable bonds is 7. The van der Waals surface area contributed by atoms with E-state index in [2.05, 4.69) is 4.90 Å². The maximum atomic E-state index is 12.8. The van der Waals surface area contributed by atoms with Gasteiger partial charge in [-0.15, -0.1) is 11.3 Å². The number of hydrogen-bond donors (Lipinski definition) is 0. The van der Waals surface area contributed by atoms with Crippen molar-refractivity contribution in [3.8, 4) is 0 Å². The molecule has 3 heterocycles. The van der Waals surface area contributed by atoms with Gasteiger partial charge in [-0.1, -0.05) is 0 Å². The van der Waals surface area contributed by atoms with Crippen molar-refractivity contribution < 1.29 is 13.2 Å². The van der Waals surface area contributed by atoms with Gasteiger partial charge in [0.1, 0.15) is 0 Å². The molecule has 2 saturated heterocycles. The largest absolute Gasteiger partial charge is 0.336 e. The van der Waals surface area contributed by atoms with Crippen LogP contribution in [0.15, 0.2) is 12.1 Å². The highest BCUT2D eigenvalue weighted by molar-refractivity contribution is 7.88. The second-order valence-corrected chi connectivity index (χ2v) is 11.0. The summed E-state index contributed by atoms with van der Waals surface area (Å²) in [5.74, 6) is 0.0308. The minimum Gasteiger partial charge on any atom is -0.336 e. The van der Waals surface area contributed by atoms with Crippen molar-refractivity contribution in [1.82, 2.24) is 14.1 Å². The van der Waals surface area contributed by atoms with Crippen LogP contribution in [0.4, 0.5) is 0 Å². The molecule has 0 aliphatic carbocycles. The van der Waals surface area contributed by atoms with Crippen LogP contribution in [0.2, 0.25) is 0 Å². The standard InChI is InChI=1S/C19H31N3O3S2/c1-16-8-9-18(26-16)19(23)21-13-5-7-17(15-21)22(27(2,24)25)14-6-12-20-10-3-4-11-20/h8-9,17H,3-7,10-15H2,1-2H3. The van der Waals surface area contributed by atoms with Crippen LogP contribution in [0.25, 0.3) is 0 Å². The van der Waals surface area contributed by atoms with Crippen molar-refractivity contribution >= 4 is 27.3 Å². The van der Waals surface area contributed by atoms with E-state index >= 15 is 0 Å². The van der Waals surface area contributed by atoms with E-state index < -0.39 is 10.0 Å². The average Bonchev–Trinajstić information content (AvgIpc) is 3.29. The molecule has 1 unspecified atom stereocenters. The quantitative estimate of drug-likeness (QED) is 0.689. The van der Waals surface area contributed by atoms with Crippen molar-refractivity contribution in [1.29, 1.82) is 0 Å². The molecule has 3 rings (SSSR count). The summed E-state index contributed by atoms with van der Waals surface area (Å²) < 4.78 is 26.5. The van der Waals surface area contributed by atoms with Crippen LogP contribution in [0.1, 0.15) is 46.7 Å². The third kappa shape index (κ3) is 5.53. The van der Waals surface area contributed by atoms with Crippen LogP contribution < -0.4 is 0 Å². The van der Waals surface area contributed by atoms with Gasteiger partial charge in [-0.3, -0.25) is 4.79 Å². The van der Waals surface area contributed by atoms with Crippen molar-refractivity contribution in [3.63, 3.8) is 0 Å². The fraction of sp³-hybridized carbons (Fsp3) is 0.737. The first-order chi connectivity index (χ1) is 12.8. The van der Waals surface area contributed by atoms with Crippen LogP contribution in [0, 0.1) is 6.92 Å². The third-order valence-electron chi connectivity index (χ3n) is 5.52. The first-order valence-corrected chi connectivity index (χ1v) is 12.6. The van der Waals surface area contributed by atoms with Gasteiger partial charge in [0.25, 0.3) is 5.91 Å². The number of nitrogens with zero attached hydrogens (tertiary/aromatic N) is 3. The molecule has 0 saturated carbocycles. The van der Waals surface area contributed by atoms with Gasteiger partial charge in [0.2, 0.25) is 10.0 Å². The fourth-order valence-corrected chi connectivity index (χ4v) is 6.16. The van der Waals surface area contributed by atoms with Crippen LogP contribution in [-0.4, -0.2) is 80.0 Å². The lowest BCUT2D eigenvalue weighted by Crippen LogP contribution is -2.51. The number of piperidine rings is 1. The topological polar surface area (TPSA) is 60.9 Å². The predicted molar refractivity (Wildman–Crippen MR) is 110 cm³/mol. The van der Waals surface area contributed by atoms with Crippen molar-refractivity contribution in [3.05, 3.63) is 21.9 Å². The van der Waals surface area contributed by atoms with Crippen LogP contribution >= 0.6 is 11.3 Å². The van der Waals surface area contributed by atoms with Gasteiger partial charge in [-0.25, -0.2) is 8.42 Å². The Labute approximate surface area is 167 Å². The molecule has 1 aromatic heterocycles. The summed E-state index contributed by atoms with van der Waals surface area (Å²) in [4.78, 5) is 18.9. The minimum absolute atomic E-state index is 0.0308. The lowest BCUT2D eigenvalue weighted by atomic mass is 10.1. The average molecular weight is 414 g/mol. The number of amides is 1. The number of carbonyl (C=O) groups is 1. The molecular formula is C19H31N3O3S2. The van der Waals surface area contributed by atoms with Gasteiger partial charge < -0.3 is 9.80 Å². The van der Waals surface area contributed by atoms with E-state index in [0.29, 0.717) is 19.6 Å². The summed E-state index contributed by atoms with van der Waals surface area (Å²) in [6, 6.07) is 3.72. The zero-order chi connectivity index (χ0) is 19.4. The number of carbonyl (C=O) groups excluding carboxylic acids is 1. The molecule has 1 amide bonds. The molecule has 1 aromatic rings. The van der Waals surface area contributed by atoms with Gasteiger partial charge in [-0.2, -0.15) is 4.31 Å². The lowest BCUT2D eigenvalue weighted by Gasteiger charge is -2.38. The summed E-state index contributed by atoms with van der Waals surface area (Å²) in [6.45, 7) is 6.95. The molecule has 2 aliphatic rings. The molecule has 27 heavy (non-hydrogen) atoms. The molecule has 0 bridgehead atoms. The zero-order valence-electron chi connectivity index (χ0n) is 16.4. The molecule has 0 aromatic carbocycles. The molecule has 6 nitrogen and oxygen atoms in total. The van der Waals surface area contributed by atoms with Gasteiger partial charge >= 0.3 is 0 Å². The first kappa shape index (κ1) is 20.8. The van der Waals surface area contributed by atoms with Crippen LogP contribution in [0.5, 0.6) is 0 Å². The Morgan fingerprint density at radius 2 is 1.96 bits per heavy atom. The van der Waals surface area contributed by atoms with E-state index in [1.54, 1.807) is 4.31 Å². The van der Waals surface area contributed by atoms with E-state index in [0.717, 1.165) is 48.7 Å². The zero-order valence-corrected chi connectivity index (χ0v) is 18.0. The minimum atomic E-state index is -3.29. The second kappa shape index (κ2) is 9.03. The van der Waals surface area contributed by atoms with Gasteiger partial charge in [0.15, 0.2) is 0 Å². The van der Waals surface area contributed by atoms with E-state index in [4.69, 9.17) is 0 Å². The Bertz CT molecular complexity index is 741. The first-order valence-electron chi connectivity index (χ1n) is 9.89. The van der Waals surface area contributed by atoms with Crippen molar-refractivity contribution in [2.75, 3.05) is 45.5 Å². The van der Waals surface area contributed by atoms with E-state index in [1.807, 2.05) is 24.0 Å². The molecule has 2 fully saturated rings. The summed E-state index contributed by atoms with van der Waals surface area (Å²) in [6.07, 6.45) is 6.31. The van der Waals surface area contributed by atoms with Crippen LogP contribution in [-0.2, 0) is 10.0 Å². The predicted octanol–water partition coefficient (Wildman–Crippen LogP) is 2.41. The Morgan fingerprint density at radius 1 is 1.22 bits per heavy atom. The SMILES string of the molecule is Cc1ccc(C(=O)N2CCCC(N(CCCN3CCCC3)S(C)(=O)=O)C2)s1. The molecule has 0 radical (unpaired) electrons. The molecule has 0 spiro atoms. The molecule has 0 N–H and O–H groups in total. The Hall–Kier alpha value is -0.960. The highest BCUT2D eigenvalue weighted by Gasteiger charge is 2.33. The van der Waals surface area contributed by atoms with E-state index in [-0.39, 0.29) is 11.9 Å². The summed E-state index contributed by atoms with van der Waals surface area (Å²) in [5, 5.41) is 0. The maximum absolute atomic E-state index is 12.8. The van der Waals surface area contributed by atoms with Gasteiger partial charge in [0.05, 0.1) is 11.1 Å². The molecule has 2 aliphatic heterocycles. The Kier molecular flexibility index (Phi) is 6.94. The highest BCUT2D eigenvalue weighted by Crippen LogP contribution is 2.23. The highest BCUT2D eigenvalue weighted by atomic mass is 32.2. The summed E-state index contributed by atoms with van der Waals surface area (Å²) in [7, 11) is -3.29. The number of hydrogen-bond acceptors (Lipinski definition) is 5. The summed E-state index contributed by atoms with van der Waals surface area (Å²) >= 11 is 1.50. The molecule has 8 heteroatoms. The fourth-order valence-electron chi connectivity index (χ4n) is 4.16. The summed E-state index contributed by atoms with van der Waals surface area (Å²) in [5.41, 5.74) is 0. The van der Waals surface area contributed by atoms with Crippen molar-refractivity contribution in [2.45, 2.75) is 45.1 Å². The number of likely N-dealkylation sites (tertiary alicyclic amines) is 2.